The van der Waals surface area contributed by atoms with Crippen LogP contribution < -0.4 is 26.3 Å². The van der Waals surface area contributed by atoms with Gasteiger partial charge in [0.15, 0.2) is 0 Å². The summed E-state index contributed by atoms with van der Waals surface area (Å²) < 4.78 is 21.5. The largest absolute Gasteiger partial charge is 0.444 e. The summed E-state index contributed by atoms with van der Waals surface area (Å²) in [6.07, 6.45) is 3.49. The minimum Gasteiger partial charge on any atom is -0.444 e. The molecule has 16 heteroatoms. The normalized spacial score (nSPS) is 14.4. The van der Waals surface area contributed by atoms with E-state index in [0.717, 1.165) is 70.5 Å². The molecule has 2 fully saturated rings. The van der Waals surface area contributed by atoms with E-state index in [9.17, 15) is 14.4 Å². The van der Waals surface area contributed by atoms with Gasteiger partial charge < -0.3 is 54.8 Å². The number of ether oxygens (including phenoxy) is 3. The molecule has 3 amide bonds. The number of nitrogens with one attached hydrogen (secondary N) is 1. The Bertz CT molecular complexity index is 2570. The molecule has 0 aliphatic carbocycles. The highest BCUT2D eigenvalue weighted by molar-refractivity contribution is 5.89. The van der Waals surface area contributed by atoms with Crippen LogP contribution in [0.4, 0.5) is 4.79 Å². The predicted octanol–water partition coefficient (Wildman–Crippen LogP) is 5.70. The zero-order chi connectivity index (χ0) is 44.7. The van der Waals surface area contributed by atoms with Crippen molar-refractivity contribution in [1.82, 2.24) is 39.1 Å². The summed E-state index contributed by atoms with van der Waals surface area (Å²) >= 11 is 0. The molecule has 8 rings (SSSR count). The molecule has 2 aromatic carbocycles. The number of aryl methyl sites for hydroxylation is 2. The highest BCUT2D eigenvalue weighted by Crippen LogP contribution is 2.32. The Morgan fingerprint density at radius 3 is 1.52 bits per heavy atom. The number of hydrogen-bond donors (Lipinski definition) is 3. The highest BCUT2D eigenvalue weighted by atomic mass is 16.6. The Labute approximate surface area is 367 Å². The number of piperazine rings is 2. The van der Waals surface area contributed by atoms with Crippen molar-refractivity contribution in [3.05, 3.63) is 108 Å². The quantitative estimate of drug-likeness (QED) is 0.153. The minimum absolute atomic E-state index is 0.00518. The fourth-order valence-corrected chi connectivity index (χ4v) is 7.69. The first kappa shape index (κ1) is 44.6. The van der Waals surface area contributed by atoms with E-state index in [2.05, 4.69) is 15.3 Å². The molecule has 6 aromatic rings. The van der Waals surface area contributed by atoms with E-state index in [1.54, 1.807) is 9.80 Å². The monoisotopic (exact) mass is 858 g/mol. The van der Waals surface area contributed by atoms with Crippen LogP contribution >= 0.6 is 0 Å². The average Bonchev–Trinajstić information content (AvgIpc) is 3.88. The van der Waals surface area contributed by atoms with Gasteiger partial charge in [0, 0.05) is 112 Å². The van der Waals surface area contributed by atoms with Gasteiger partial charge in [-0.05, 0) is 94.3 Å². The molecule has 0 saturated carbocycles. The number of fused-ring (bicyclic) bond motifs is 2. The maximum atomic E-state index is 13.0. The first-order chi connectivity index (χ1) is 30.3. The van der Waals surface area contributed by atoms with Gasteiger partial charge in [0.25, 0.3) is 0 Å². The van der Waals surface area contributed by atoms with Gasteiger partial charge in [0.2, 0.25) is 23.6 Å². The smallest absolute Gasteiger partial charge is 0.410 e. The number of amides is 3. The molecule has 0 bridgehead atoms. The second kappa shape index (κ2) is 19.7. The van der Waals surface area contributed by atoms with Gasteiger partial charge in [-0.15, -0.1) is 0 Å². The van der Waals surface area contributed by atoms with Crippen molar-refractivity contribution in [3.63, 3.8) is 0 Å². The van der Waals surface area contributed by atoms with E-state index >= 15 is 0 Å². The Hall–Kier alpha value is -6.49. The molecule has 2 saturated heterocycles. The summed E-state index contributed by atoms with van der Waals surface area (Å²) in [6.45, 7) is 15.8. The van der Waals surface area contributed by atoms with E-state index in [-0.39, 0.29) is 24.5 Å². The van der Waals surface area contributed by atoms with Crippen molar-refractivity contribution in [2.24, 2.45) is 11.5 Å². The lowest BCUT2D eigenvalue weighted by molar-refractivity contribution is -0.133. The van der Waals surface area contributed by atoms with Gasteiger partial charge in [-0.3, -0.25) is 9.59 Å². The second-order valence-electron chi connectivity index (χ2n) is 16.8. The molecule has 16 nitrogen and oxygen atoms in total. The molecular weight excluding hydrogens is 801 g/mol. The molecule has 2 aliphatic heterocycles. The van der Waals surface area contributed by atoms with Crippen LogP contribution in [0.2, 0.25) is 0 Å². The molecule has 4 aromatic heterocycles. The van der Waals surface area contributed by atoms with Gasteiger partial charge in [0.1, 0.15) is 30.2 Å². The Morgan fingerprint density at radius 1 is 0.635 bits per heavy atom. The van der Waals surface area contributed by atoms with E-state index < -0.39 is 5.60 Å². The standard InChI is InChI=1S/C26H33N5O4.C21H25N5O2/c1-18-14-19(16-27)15-23(28-18)34-22-7-5-6-21-20(22)8-9-31(21)17-24(32)29-10-12-30(13-11-29)25(33)35-26(2,3)4;1-15-11-16(13-22)12-20(24-15)28-19-4-2-3-18-17(19)5-8-26(18)14-21(27)25-9-6-23-7-10-25/h5-9,14-15H,10-13,16-17,27H2,1-4H3;2-5,8,11-12,23H,6-7,9-10,13-14,22H2,1H3. The zero-order valence-corrected chi connectivity index (χ0v) is 36.8. The number of benzene rings is 2. The number of nitrogens with two attached hydrogens (primary N) is 2. The summed E-state index contributed by atoms with van der Waals surface area (Å²) in [6, 6.07) is 23.1. The van der Waals surface area contributed by atoms with Crippen LogP contribution in [0.3, 0.4) is 0 Å². The van der Waals surface area contributed by atoms with Crippen molar-refractivity contribution >= 4 is 39.7 Å². The van der Waals surface area contributed by atoms with Crippen molar-refractivity contribution in [3.8, 4) is 23.3 Å². The third kappa shape index (κ3) is 11.3. The second-order valence-corrected chi connectivity index (χ2v) is 16.8. The molecule has 63 heavy (non-hydrogen) atoms. The molecule has 0 radical (unpaired) electrons. The maximum Gasteiger partial charge on any atom is 0.410 e. The van der Waals surface area contributed by atoms with Crippen molar-refractivity contribution in [1.29, 1.82) is 0 Å². The lowest BCUT2D eigenvalue weighted by Crippen LogP contribution is -2.52. The summed E-state index contributed by atoms with van der Waals surface area (Å²) in [4.78, 5) is 52.2. The highest BCUT2D eigenvalue weighted by Gasteiger charge is 2.28. The fourth-order valence-electron chi connectivity index (χ4n) is 7.69. The summed E-state index contributed by atoms with van der Waals surface area (Å²) in [5, 5.41) is 5.12. The van der Waals surface area contributed by atoms with Gasteiger partial charge in [-0.2, -0.15) is 0 Å². The first-order valence-corrected chi connectivity index (χ1v) is 21.4. The van der Waals surface area contributed by atoms with Crippen LogP contribution in [-0.4, -0.2) is 110 Å². The van der Waals surface area contributed by atoms with E-state index in [1.807, 2.05) is 134 Å². The van der Waals surface area contributed by atoms with Gasteiger partial charge in [-0.1, -0.05) is 12.1 Å². The number of nitrogens with zero attached hydrogens (tertiary/aromatic N) is 7. The first-order valence-electron chi connectivity index (χ1n) is 21.4. The third-order valence-corrected chi connectivity index (χ3v) is 10.8. The molecule has 5 N–H and O–H groups in total. The Balaban J connectivity index is 0.000000193. The minimum atomic E-state index is -0.538. The summed E-state index contributed by atoms with van der Waals surface area (Å²) in [5.74, 6) is 2.54. The van der Waals surface area contributed by atoms with Crippen molar-refractivity contribution in [2.45, 2.75) is 66.4 Å². The molecular formula is C47H58N10O6. The van der Waals surface area contributed by atoms with E-state index in [1.165, 1.54) is 0 Å². The molecule has 6 heterocycles. The van der Waals surface area contributed by atoms with Crippen LogP contribution in [0, 0.1) is 13.8 Å². The van der Waals surface area contributed by atoms with E-state index in [0.29, 0.717) is 69.1 Å². The molecule has 2 aliphatic rings. The SMILES string of the molecule is Cc1cc(CN)cc(Oc2cccc3c2ccn3CC(=O)N2CCN(C(=O)OC(C)(C)C)CC2)n1.Cc1cc(CN)cc(Oc2cccc3c2ccn3CC(=O)N2CCNCC2)n1. The Morgan fingerprint density at radius 2 is 1.08 bits per heavy atom. The molecule has 0 atom stereocenters. The van der Waals surface area contributed by atoms with Crippen LogP contribution in [0.25, 0.3) is 21.8 Å². The number of carbonyl (C=O) groups is 3. The van der Waals surface area contributed by atoms with Crippen LogP contribution in [0.1, 0.15) is 43.3 Å². The average molecular weight is 859 g/mol. The summed E-state index contributed by atoms with van der Waals surface area (Å²) in [7, 11) is 0. The topological polar surface area (TPSA) is 188 Å². The fraction of sp³-hybridized carbons (Fsp3) is 0.383. The molecule has 0 unspecified atom stereocenters. The zero-order valence-electron chi connectivity index (χ0n) is 36.8. The van der Waals surface area contributed by atoms with Crippen LogP contribution in [0.5, 0.6) is 23.3 Å². The number of carbonyl (C=O) groups excluding carboxylic acids is 3. The van der Waals surface area contributed by atoms with Crippen LogP contribution in [0.15, 0.2) is 85.2 Å². The lowest BCUT2D eigenvalue weighted by Gasteiger charge is -2.35. The Kier molecular flexibility index (Phi) is 13.9. The number of rotatable bonds is 10. The lowest BCUT2D eigenvalue weighted by atomic mass is 10.2. The molecule has 332 valence electrons. The summed E-state index contributed by atoms with van der Waals surface area (Å²) in [5.41, 5.74) is 16.5. The van der Waals surface area contributed by atoms with Crippen molar-refractivity contribution in [2.75, 3.05) is 52.4 Å². The molecule has 0 spiro atoms. The number of hydrogen-bond acceptors (Lipinski definition) is 11. The van der Waals surface area contributed by atoms with Crippen LogP contribution in [-0.2, 0) is 40.5 Å². The predicted molar refractivity (Wildman–Crippen MR) is 242 cm³/mol. The van der Waals surface area contributed by atoms with Gasteiger partial charge >= 0.3 is 6.09 Å². The number of aromatic nitrogens is 4. The number of pyridine rings is 2. The van der Waals surface area contributed by atoms with Gasteiger partial charge in [-0.25, -0.2) is 14.8 Å². The van der Waals surface area contributed by atoms with E-state index in [4.69, 9.17) is 25.7 Å². The van der Waals surface area contributed by atoms with Crippen molar-refractivity contribution < 1.29 is 28.6 Å². The van der Waals surface area contributed by atoms with Gasteiger partial charge in [0.05, 0.1) is 11.0 Å². The maximum absolute atomic E-state index is 13.0. The third-order valence-electron chi connectivity index (χ3n) is 10.8.